The van der Waals surface area contributed by atoms with Gasteiger partial charge in [-0.2, -0.15) is 4.79 Å². The van der Waals surface area contributed by atoms with E-state index >= 15 is 0 Å². The lowest BCUT2D eigenvalue weighted by Crippen LogP contribution is -2.13. The molecule has 0 fully saturated rings. The number of ether oxygens (including phenoxy) is 1. The summed E-state index contributed by atoms with van der Waals surface area (Å²) < 4.78 is 7.48. The van der Waals surface area contributed by atoms with E-state index in [1.807, 2.05) is 0 Å². The molecule has 3 nitrogen and oxygen atoms in total. The molecule has 4 heteroatoms. The Bertz CT molecular complexity index is 84.1. The van der Waals surface area contributed by atoms with Gasteiger partial charge in [-0.3, -0.25) is 0 Å². The Balaban J connectivity index is 3.25. The number of rotatable bonds is 1. The number of thiol groups is 1. The molecule has 0 spiro atoms. The summed E-state index contributed by atoms with van der Waals surface area (Å²) in [5.74, 6) is 0. The molecule has 0 rings (SSSR count). The first-order chi connectivity index (χ1) is 3.66. The second-order valence-corrected chi connectivity index (χ2v) is 1.73. The van der Waals surface area contributed by atoms with Crippen LogP contribution in [0.1, 0.15) is 13.8 Å². The number of carbonyl (C=O) groups is 1. The Hall–Kier alpha value is -0.220. The van der Waals surface area contributed by atoms with Crippen LogP contribution in [-0.2, 0) is 4.74 Å². The first-order valence-electron chi connectivity index (χ1n) is 2.22. The number of hydrogen-bond donors (Lipinski definition) is 1. The van der Waals surface area contributed by atoms with Crippen LogP contribution in [0.15, 0.2) is 0 Å². The molecule has 0 aromatic carbocycles. The van der Waals surface area contributed by atoms with Gasteiger partial charge in [0.25, 0.3) is 4.72 Å². The highest BCUT2D eigenvalue weighted by Gasteiger charge is 2.17. The van der Waals surface area contributed by atoms with Gasteiger partial charge in [0.05, 0.1) is 0 Å². The first kappa shape index (κ1) is 7.78. The van der Waals surface area contributed by atoms with E-state index in [0.717, 1.165) is 0 Å². The van der Waals surface area contributed by atoms with Crippen LogP contribution in [0, 0.1) is 0 Å². The van der Waals surface area contributed by atoms with E-state index in [9.17, 15) is 4.79 Å². The summed E-state index contributed by atoms with van der Waals surface area (Å²) >= 11 is 3.34. The fourth-order valence-electron chi connectivity index (χ4n) is 0.225. The van der Waals surface area contributed by atoms with Crippen molar-refractivity contribution in [3.8, 4) is 0 Å². The zero-order valence-electron chi connectivity index (χ0n) is 4.79. The lowest BCUT2D eigenvalue weighted by atomic mass is 10.5. The Morgan fingerprint density at radius 3 is 2.38 bits per heavy atom. The number of nitrogens with zero attached hydrogens (tertiary/aromatic N) is 1. The first-order valence-corrected chi connectivity index (χ1v) is 2.62. The van der Waals surface area contributed by atoms with Gasteiger partial charge in [-0.25, -0.2) is 0 Å². The summed E-state index contributed by atoms with van der Waals surface area (Å²) in [6, 6.07) is 0. The topological polar surface area (TPSA) is 40.4 Å². The summed E-state index contributed by atoms with van der Waals surface area (Å²) in [7, 11) is 0. The van der Waals surface area contributed by atoms with Crippen LogP contribution in [0.5, 0.6) is 0 Å². The highest BCUT2D eigenvalue weighted by atomic mass is 32.1. The maximum absolute atomic E-state index is 10.2. The van der Waals surface area contributed by atoms with Gasteiger partial charge < -0.3 is 4.74 Å². The summed E-state index contributed by atoms with van der Waals surface area (Å²) in [6.07, 6.45) is -0.748. The normalized spacial score (nSPS) is 9.50. The average Bonchev–Trinajstić information content (AvgIpc) is 1.65. The van der Waals surface area contributed by atoms with E-state index in [0.29, 0.717) is 0 Å². The van der Waals surface area contributed by atoms with Crippen molar-refractivity contribution in [2.75, 3.05) is 0 Å². The molecule has 46 valence electrons. The molecule has 0 aliphatic carbocycles. The Morgan fingerprint density at radius 2 is 2.25 bits per heavy atom. The van der Waals surface area contributed by atoms with Crippen LogP contribution in [0.25, 0.3) is 0 Å². The molecule has 0 aromatic rings. The van der Waals surface area contributed by atoms with Crippen LogP contribution in [-0.4, -0.2) is 12.2 Å². The molecule has 0 N–H and O–H groups in total. The molecule has 0 saturated heterocycles. The van der Waals surface area contributed by atoms with E-state index < -0.39 is 6.09 Å². The molecule has 2 radical (unpaired) electrons. The Kier molecular flexibility index (Phi) is 3.64. The van der Waals surface area contributed by atoms with Crippen LogP contribution >= 0.6 is 12.8 Å². The summed E-state index contributed by atoms with van der Waals surface area (Å²) in [4.78, 5) is 10.2. The third-order valence-electron chi connectivity index (χ3n) is 0.418. The molecular formula is C4H8NO2S+. The SMILES string of the molecule is CC(C)OC(=O)[N+]S. The Morgan fingerprint density at radius 1 is 1.75 bits per heavy atom. The van der Waals surface area contributed by atoms with E-state index in [4.69, 9.17) is 0 Å². The molecule has 0 aliphatic heterocycles. The summed E-state index contributed by atoms with van der Waals surface area (Å²) in [6.45, 7) is 3.49. The standard InChI is InChI=1S/C4H8NO2S/c1-3(2)7-4(6)5-8/h3,8H,1-2H3/q+1. The largest absolute Gasteiger partial charge is 0.645 e. The summed E-state index contributed by atoms with van der Waals surface area (Å²) in [5, 5.41) is 0. The van der Waals surface area contributed by atoms with Crippen LogP contribution in [0.2, 0.25) is 0 Å². The lowest BCUT2D eigenvalue weighted by Gasteiger charge is -1.96. The molecular weight excluding hydrogens is 126 g/mol. The molecule has 0 atom stereocenters. The maximum atomic E-state index is 10.2. The van der Waals surface area contributed by atoms with Crippen molar-refractivity contribution in [2.45, 2.75) is 20.0 Å². The molecule has 0 aliphatic rings. The highest BCUT2D eigenvalue weighted by Crippen LogP contribution is 1.88. The fourth-order valence-corrected chi connectivity index (χ4v) is 0.272. The van der Waals surface area contributed by atoms with Crippen LogP contribution < -0.4 is 4.72 Å². The number of carbonyl (C=O) groups excluding carboxylic acids is 1. The van der Waals surface area contributed by atoms with Gasteiger partial charge in [0.2, 0.25) is 12.8 Å². The second kappa shape index (κ2) is 3.74. The van der Waals surface area contributed by atoms with Crippen LogP contribution in [0.4, 0.5) is 4.79 Å². The van der Waals surface area contributed by atoms with Gasteiger partial charge in [0, 0.05) is 0 Å². The van der Waals surface area contributed by atoms with E-state index in [1.54, 1.807) is 13.8 Å². The van der Waals surface area contributed by atoms with Gasteiger partial charge in [0.1, 0.15) is 6.10 Å². The smallest absolute Gasteiger partial charge is 0.408 e. The molecule has 0 saturated carbocycles. The minimum absolute atomic E-state index is 0.113. The van der Waals surface area contributed by atoms with E-state index in [2.05, 4.69) is 22.3 Å². The maximum Gasteiger partial charge on any atom is 0.645 e. The number of amides is 1. The fraction of sp³-hybridized carbons (Fsp3) is 0.750. The van der Waals surface area contributed by atoms with Crippen molar-refractivity contribution in [1.82, 2.24) is 4.72 Å². The quantitative estimate of drug-likeness (QED) is 0.543. The predicted molar refractivity (Wildman–Crippen MR) is 32.7 cm³/mol. The van der Waals surface area contributed by atoms with Crippen molar-refractivity contribution >= 4 is 18.9 Å². The number of hydrogen-bond acceptors (Lipinski definition) is 3. The van der Waals surface area contributed by atoms with Gasteiger partial charge in [-0.1, -0.05) is 0 Å². The van der Waals surface area contributed by atoms with Gasteiger partial charge in [-0.15, -0.1) is 0 Å². The minimum Gasteiger partial charge on any atom is -0.408 e. The minimum atomic E-state index is -0.636. The third kappa shape index (κ3) is 3.95. The third-order valence-corrected chi connectivity index (χ3v) is 0.581. The molecule has 8 heavy (non-hydrogen) atoms. The highest BCUT2D eigenvalue weighted by molar-refractivity contribution is 7.78. The average molecular weight is 134 g/mol. The van der Waals surface area contributed by atoms with Crippen molar-refractivity contribution in [3.63, 3.8) is 0 Å². The second-order valence-electron chi connectivity index (χ2n) is 1.53. The molecule has 1 amide bonds. The van der Waals surface area contributed by atoms with E-state index in [1.165, 1.54) is 0 Å². The molecule has 0 bridgehead atoms. The molecule has 0 heterocycles. The lowest BCUT2D eigenvalue weighted by molar-refractivity contribution is 0.121. The van der Waals surface area contributed by atoms with Gasteiger partial charge >= 0.3 is 6.09 Å². The van der Waals surface area contributed by atoms with E-state index in [-0.39, 0.29) is 6.10 Å². The molecule has 0 aromatic heterocycles. The van der Waals surface area contributed by atoms with Crippen molar-refractivity contribution in [2.24, 2.45) is 0 Å². The van der Waals surface area contributed by atoms with Gasteiger partial charge in [0.15, 0.2) is 0 Å². The van der Waals surface area contributed by atoms with Crippen molar-refractivity contribution < 1.29 is 9.53 Å². The Labute approximate surface area is 53.9 Å². The van der Waals surface area contributed by atoms with Gasteiger partial charge in [-0.05, 0) is 13.8 Å². The van der Waals surface area contributed by atoms with Crippen molar-refractivity contribution in [1.29, 1.82) is 0 Å². The zero-order valence-corrected chi connectivity index (χ0v) is 5.68. The predicted octanol–water partition coefficient (Wildman–Crippen LogP) is 0.981. The monoisotopic (exact) mass is 134 g/mol. The summed E-state index contributed by atoms with van der Waals surface area (Å²) in [5.41, 5.74) is 0. The van der Waals surface area contributed by atoms with Crippen LogP contribution in [0.3, 0.4) is 0 Å². The molecule has 0 unspecified atom stereocenters. The zero-order chi connectivity index (χ0) is 6.57. The van der Waals surface area contributed by atoms with Crippen molar-refractivity contribution in [3.05, 3.63) is 0 Å².